The van der Waals surface area contributed by atoms with E-state index in [0.29, 0.717) is 12.1 Å². The van der Waals surface area contributed by atoms with Gasteiger partial charge in [0.2, 0.25) is 0 Å². The summed E-state index contributed by atoms with van der Waals surface area (Å²) in [4.78, 5) is 16.4. The molecule has 0 saturated carbocycles. The van der Waals surface area contributed by atoms with Crippen molar-refractivity contribution in [2.45, 2.75) is 25.4 Å². The Morgan fingerprint density at radius 3 is 2.92 bits per heavy atom. The molecule has 0 bridgehead atoms. The van der Waals surface area contributed by atoms with Gasteiger partial charge in [0.15, 0.2) is 0 Å². The number of nitrogens with zero attached hydrogens (tertiary/aromatic N) is 1. The van der Waals surface area contributed by atoms with E-state index < -0.39 is 0 Å². The van der Waals surface area contributed by atoms with E-state index in [-0.39, 0.29) is 12.0 Å². The molecule has 1 aromatic carbocycles. The molecule has 3 rings (SSSR count). The maximum absolute atomic E-state index is 12.2. The SMILES string of the molecule is O=C(NCC1CCCO1)c1cncc(NCCc2ccccc2)c1. The highest BCUT2D eigenvalue weighted by atomic mass is 16.5. The highest BCUT2D eigenvalue weighted by Gasteiger charge is 2.16. The molecular weight excluding hydrogens is 302 g/mol. The molecule has 0 radical (unpaired) electrons. The monoisotopic (exact) mass is 325 g/mol. The van der Waals surface area contributed by atoms with Gasteiger partial charge in [-0.25, -0.2) is 0 Å². The molecule has 0 spiro atoms. The fraction of sp³-hybridized carbons (Fsp3) is 0.368. The fourth-order valence-corrected chi connectivity index (χ4v) is 2.77. The Morgan fingerprint density at radius 1 is 1.25 bits per heavy atom. The van der Waals surface area contributed by atoms with Crippen LogP contribution in [0.15, 0.2) is 48.8 Å². The molecule has 1 fully saturated rings. The molecule has 2 heterocycles. The summed E-state index contributed by atoms with van der Waals surface area (Å²) in [6.07, 6.45) is 6.49. The third-order valence-electron chi connectivity index (χ3n) is 4.10. The van der Waals surface area contributed by atoms with Crippen LogP contribution in [0.2, 0.25) is 0 Å². The number of ether oxygens (including phenoxy) is 1. The second-order valence-electron chi connectivity index (χ2n) is 5.97. The molecule has 5 nitrogen and oxygen atoms in total. The number of nitrogens with one attached hydrogen (secondary N) is 2. The van der Waals surface area contributed by atoms with Gasteiger partial charge >= 0.3 is 0 Å². The van der Waals surface area contributed by atoms with E-state index in [4.69, 9.17) is 4.74 Å². The van der Waals surface area contributed by atoms with Gasteiger partial charge in [-0.2, -0.15) is 0 Å². The maximum atomic E-state index is 12.2. The van der Waals surface area contributed by atoms with Crippen LogP contribution < -0.4 is 10.6 Å². The Morgan fingerprint density at radius 2 is 2.12 bits per heavy atom. The number of carbonyl (C=O) groups excluding carboxylic acids is 1. The minimum absolute atomic E-state index is 0.107. The molecule has 1 aromatic heterocycles. The Bertz CT molecular complexity index is 655. The summed E-state index contributed by atoms with van der Waals surface area (Å²) in [6.45, 7) is 2.15. The lowest BCUT2D eigenvalue weighted by atomic mass is 10.1. The van der Waals surface area contributed by atoms with E-state index in [0.717, 1.165) is 38.1 Å². The predicted octanol–water partition coefficient (Wildman–Crippen LogP) is 2.65. The largest absolute Gasteiger partial charge is 0.383 e. The normalized spacial score (nSPS) is 16.8. The number of aromatic nitrogens is 1. The Hall–Kier alpha value is -2.40. The summed E-state index contributed by atoms with van der Waals surface area (Å²) in [5.74, 6) is -0.107. The van der Waals surface area contributed by atoms with Gasteiger partial charge in [0.25, 0.3) is 5.91 Å². The predicted molar refractivity (Wildman–Crippen MR) is 94.2 cm³/mol. The first-order valence-electron chi connectivity index (χ1n) is 8.44. The highest BCUT2D eigenvalue weighted by molar-refractivity contribution is 5.94. The van der Waals surface area contributed by atoms with Crippen LogP contribution in [0.25, 0.3) is 0 Å². The van der Waals surface area contributed by atoms with Gasteiger partial charge in [0.05, 0.1) is 17.4 Å². The lowest BCUT2D eigenvalue weighted by molar-refractivity contribution is 0.0857. The Kier molecular flexibility index (Phi) is 5.80. The van der Waals surface area contributed by atoms with Gasteiger partial charge in [-0.1, -0.05) is 30.3 Å². The van der Waals surface area contributed by atoms with E-state index in [9.17, 15) is 4.79 Å². The maximum Gasteiger partial charge on any atom is 0.253 e. The van der Waals surface area contributed by atoms with Crippen LogP contribution >= 0.6 is 0 Å². The minimum Gasteiger partial charge on any atom is -0.383 e. The van der Waals surface area contributed by atoms with Crippen molar-refractivity contribution < 1.29 is 9.53 Å². The molecule has 24 heavy (non-hydrogen) atoms. The quantitative estimate of drug-likeness (QED) is 0.821. The number of carbonyl (C=O) groups is 1. The first-order chi connectivity index (χ1) is 11.8. The number of pyridine rings is 1. The van der Waals surface area contributed by atoms with Crippen LogP contribution in [0, 0.1) is 0 Å². The van der Waals surface area contributed by atoms with E-state index in [1.54, 1.807) is 12.4 Å². The van der Waals surface area contributed by atoms with Crippen LogP contribution in [0.1, 0.15) is 28.8 Å². The van der Waals surface area contributed by atoms with Crippen LogP contribution in [0.4, 0.5) is 5.69 Å². The van der Waals surface area contributed by atoms with E-state index in [2.05, 4.69) is 27.8 Å². The van der Waals surface area contributed by atoms with Crippen molar-refractivity contribution in [1.82, 2.24) is 10.3 Å². The van der Waals surface area contributed by atoms with Crippen LogP contribution in [0.5, 0.6) is 0 Å². The summed E-state index contributed by atoms with van der Waals surface area (Å²) in [7, 11) is 0. The van der Waals surface area contributed by atoms with Gasteiger partial charge in [-0.3, -0.25) is 9.78 Å². The Balaban J connectivity index is 1.48. The van der Waals surface area contributed by atoms with Crippen molar-refractivity contribution in [3.8, 4) is 0 Å². The molecule has 1 aliphatic heterocycles. The average Bonchev–Trinajstić information content (AvgIpc) is 3.14. The zero-order valence-corrected chi connectivity index (χ0v) is 13.7. The second-order valence-corrected chi connectivity index (χ2v) is 5.97. The molecule has 5 heteroatoms. The molecular formula is C19H23N3O2. The van der Waals surface area contributed by atoms with Crippen LogP contribution in [0.3, 0.4) is 0 Å². The minimum atomic E-state index is -0.107. The first kappa shape index (κ1) is 16.5. The van der Waals surface area contributed by atoms with E-state index in [1.165, 1.54) is 5.56 Å². The molecule has 1 saturated heterocycles. The van der Waals surface area contributed by atoms with Gasteiger partial charge in [-0.15, -0.1) is 0 Å². The average molecular weight is 325 g/mol. The van der Waals surface area contributed by atoms with Crippen molar-refractivity contribution in [2.24, 2.45) is 0 Å². The summed E-state index contributed by atoms with van der Waals surface area (Å²) >= 11 is 0. The third kappa shape index (κ3) is 4.80. The van der Waals surface area contributed by atoms with E-state index in [1.807, 2.05) is 24.3 Å². The molecule has 0 aliphatic carbocycles. The standard InChI is InChI=1S/C19H23N3O2/c23-19(22-14-18-7-4-10-24-18)16-11-17(13-20-12-16)21-9-8-15-5-2-1-3-6-15/h1-3,5-6,11-13,18,21H,4,7-10,14H2,(H,22,23). The van der Waals surface area contributed by atoms with Gasteiger partial charge in [0, 0.05) is 32.1 Å². The number of hydrogen-bond donors (Lipinski definition) is 2. The Labute approximate surface area is 142 Å². The first-order valence-corrected chi connectivity index (χ1v) is 8.44. The topological polar surface area (TPSA) is 63.2 Å². The van der Waals surface area contributed by atoms with Crippen molar-refractivity contribution >= 4 is 11.6 Å². The summed E-state index contributed by atoms with van der Waals surface area (Å²) < 4.78 is 5.52. The smallest absolute Gasteiger partial charge is 0.253 e. The molecule has 1 amide bonds. The molecule has 2 aromatic rings. The number of anilines is 1. The lowest BCUT2D eigenvalue weighted by Crippen LogP contribution is -2.31. The molecule has 2 N–H and O–H groups in total. The summed E-state index contributed by atoms with van der Waals surface area (Å²) in [5.41, 5.74) is 2.71. The molecule has 1 unspecified atom stereocenters. The summed E-state index contributed by atoms with van der Waals surface area (Å²) in [6, 6.07) is 12.1. The number of amides is 1. The summed E-state index contributed by atoms with van der Waals surface area (Å²) in [5, 5.41) is 6.24. The molecule has 1 atom stereocenters. The van der Waals surface area contributed by atoms with Gasteiger partial charge < -0.3 is 15.4 Å². The van der Waals surface area contributed by atoms with Crippen molar-refractivity contribution in [1.29, 1.82) is 0 Å². The number of benzene rings is 1. The molecule has 126 valence electrons. The van der Waals surface area contributed by atoms with Crippen LogP contribution in [-0.4, -0.2) is 36.7 Å². The van der Waals surface area contributed by atoms with Crippen molar-refractivity contribution in [3.05, 3.63) is 59.9 Å². The highest BCUT2D eigenvalue weighted by Crippen LogP contribution is 2.12. The van der Waals surface area contributed by atoms with Crippen LogP contribution in [-0.2, 0) is 11.2 Å². The third-order valence-corrected chi connectivity index (χ3v) is 4.10. The lowest BCUT2D eigenvalue weighted by Gasteiger charge is -2.11. The number of hydrogen-bond acceptors (Lipinski definition) is 4. The number of rotatable bonds is 7. The fourth-order valence-electron chi connectivity index (χ4n) is 2.77. The molecule has 1 aliphatic rings. The van der Waals surface area contributed by atoms with Crippen molar-refractivity contribution in [3.63, 3.8) is 0 Å². The zero-order valence-electron chi connectivity index (χ0n) is 13.7. The second kappa shape index (κ2) is 8.45. The zero-order chi connectivity index (χ0) is 16.6. The van der Waals surface area contributed by atoms with E-state index >= 15 is 0 Å². The van der Waals surface area contributed by atoms with Gasteiger partial charge in [-0.05, 0) is 30.9 Å². The van der Waals surface area contributed by atoms with Gasteiger partial charge in [0.1, 0.15) is 0 Å². The van der Waals surface area contributed by atoms with Crippen molar-refractivity contribution in [2.75, 3.05) is 25.0 Å².